The Bertz CT molecular complexity index is 911. The molecule has 1 aliphatic rings. The van der Waals surface area contributed by atoms with E-state index in [-0.39, 0.29) is 31.4 Å². The number of thiol groups is 1. The third kappa shape index (κ3) is 9.04. The Kier molecular flexibility index (Phi) is 11.1. The fraction of sp³-hybridized carbons (Fsp3) is 0.615. The molecule has 0 spiro atoms. The topological polar surface area (TPSA) is 114 Å². The molecule has 1 saturated carbocycles. The highest BCUT2D eigenvalue weighted by molar-refractivity contribution is 7.80. The van der Waals surface area contributed by atoms with Gasteiger partial charge in [0.25, 0.3) is 0 Å². The summed E-state index contributed by atoms with van der Waals surface area (Å²) in [5.41, 5.74) is 1.02. The molecule has 10 heteroatoms. The van der Waals surface area contributed by atoms with Crippen LogP contribution in [0.3, 0.4) is 0 Å². The highest BCUT2D eigenvalue weighted by Crippen LogP contribution is 2.35. The molecule has 1 fully saturated rings. The molecule has 2 rings (SSSR count). The number of nitrogens with one attached hydrogen (secondary N) is 2. The van der Waals surface area contributed by atoms with Gasteiger partial charge in [0, 0.05) is 18.3 Å². The second-order valence-corrected chi connectivity index (χ2v) is 10.1. The van der Waals surface area contributed by atoms with Crippen molar-refractivity contribution in [1.82, 2.24) is 15.5 Å². The van der Waals surface area contributed by atoms with Gasteiger partial charge in [-0.05, 0) is 58.1 Å². The molecule has 0 aromatic heterocycles. The number of esters is 1. The van der Waals surface area contributed by atoms with Gasteiger partial charge in [0.15, 0.2) is 0 Å². The smallest absolute Gasteiger partial charge is 0.408 e. The van der Waals surface area contributed by atoms with E-state index >= 15 is 0 Å². The first-order valence-corrected chi connectivity index (χ1v) is 13.1. The summed E-state index contributed by atoms with van der Waals surface area (Å²) in [5.74, 6) is -1.19. The second-order valence-electron chi connectivity index (χ2n) is 9.70. The molecule has 0 heterocycles. The van der Waals surface area contributed by atoms with E-state index in [1.54, 1.807) is 32.6 Å². The number of aryl methyl sites for hydroxylation is 1. The minimum atomic E-state index is -0.978. The lowest BCUT2D eigenvalue weighted by atomic mass is 10.0. The summed E-state index contributed by atoms with van der Waals surface area (Å²) in [6.45, 7) is 9.30. The van der Waals surface area contributed by atoms with Gasteiger partial charge in [-0.25, -0.2) is 4.79 Å². The van der Waals surface area contributed by atoms with Gasteiger partial charge in [-0.1, -0.05) is 31.2 Å². The Morgan fingerprint density at radius 3 is 2.25 bits per heavy atom. The summed E-state index contributed by atoms with van der Waals surface area (Å²) < 4.78 is 10.2. The summed E-state index contributed by atoms with van der Waals surface area (Å²) in [4.78, 5) is 52.8. The van der Waals surface area contributed by atoms with Crippen LogP contribution in [0.1, 0.15) is 71.0 Å². The summed E-state index contributed by atoms with van der Waals surface area (Å²) >= 11 is 4.29. The van der Waals surface area contributed by atoms with Crippen molar-refractivity contribution in [2.75, 3.05) is 18.9 Å². The molecule has 1 aromatic carbocycles. The molecule has 9 nitrogen and oxygen atoms in total. The Labute approximate surface area is 219 Å². The number of amides is 3. The first kappa shape index (κ1) is 29.5. The lowest BCUT2D eigenvalue weighted by molar-refractivity contribution is -0.144. The Hall–Kier alpha value is -2.75. The van der Waals surface area contributed by atoms with E-state index in [2.05, 4.69) is 23.3 Å². The fourth-order valence-corrected chi connectivity index (χ4v) is 3.92. The van der Waals surface area contributed by atoms with Crippen molar-refractivity contribution >= 4 is 36.5 Å². The van der Waals surface area contributed by atoms with E-state index in [1.165, 1.54) is 0 Å². The molecule has 1 aliphatic carbocycles. The standard InChI is InChI=1S/C26H39N3O6S/c1-6-17-8-10-18(11-9-17)22(23(31)27-15-14-21(30)34-7-2)29(19-12-13-19)24(32)20(16-36)28-25(33)35-26(3,4)5/h8-11,19-20,22,36H,6-7,12-16H2,1-5H3,(H,27,31)(H,28,33). The van der Waals surface area contributed by atoms with E-state index in [1.807, 2.05) is 31.2 Å². The zero-order chi connectivity index (χ0) is 26.9. The van der Waals surface area contributed by atoms with E-state index in [4.69, 9.17) is 9.47 Å². The molecule has 0 radical (unpaired) electrons. The van der Waals surface area contributed by atoms with Gasteiger partial charge in [0.05, 0.1) is 13.0 Å². The minimum Gasteiger partial charge on any atom is -0.466 e. The molecule has 1 aromatic rings. The van der Waals surface area contributed by atoms with Crippen molar-refractivity contribution in [3.05, 3.63) is 35.4 Å². The molecule has 0 bridgehead atoms. The maximum Gasteiger partial charge on any atom is 0.408 e. The van der Waals surface area contributed by atoms with Gasteiger partial charge in [0.1, 0.15) is 17.7 Å². The summed E-state index contributed by atoms with van der Waals surface area (Å²) in [6.07, 6.45) is 1.63. The van der Waals surface area contributed by atoms with Crippen LogP contribution in [0, 0.1) is 0 Å². The zero-order valence-corrected chi connectivity index (χ0v) is 22.7. The Morgan fingerprint density at radius 2 is 1.75 bits per heavy atom. The second kappa shape index (κ2) is 13.5. The number of hydrogen-bond acceptors (Lipinski definition) is 7. The van der Waals surface area contributed by atoms with Crippen LogP contribution in [0.5, 0.6) is 0 Å². The number of hydrogen-bond donors (Lipinski definition) is 3. The predicted molar refractivity (Wildman–Crippen MR) is 140 cm³/mol. The number of carbonyl (C=O) groups excluding carboxylic acids is 4. The van der Waals surface area contributed by atoms with Gasteiger partial charge in [-0.2, -0.15) is 12.6 Å². The van der Waals surface area contributed by atoms with Crippen LogP contribution < -0.4 is 10.6 Å². The maximum atomic E-state index is 13.7. The maximum absolute atomic E-state index is 13.7. The molecule has 3 amide bonds. The van der Waals surface area contributed by atoms with Crippen molar-refractivity contribution in [2.24, 2.45) is 0 Å². The zero-order valence-electron chi connectivity index (χ0n) is 21.8. The van der Waals surface area contributed by atoms with E-state index in [0.29, 0.717) is 5.56 Å². The molecule has 200 valence electrons. The van der Waals surface area contributed by atoms with E-state index in [9.17, 15) is 19.2 Å². The number of benzene rings is 1. The summed E-state index contributed by atoms with van der Waals surface area (Å²) in [6, 6.07) is 5.49. The van der Waals surface area contributed by atoms with Gasteiger partial charge in [-0.3, -0.25) is 14.4 Å². The summed E-state index contributed by atoms with van der Waals surface area (Å²) in [5, 5.41) is 5.38. The summed E-state index contributed by atoms with van der Waals surface area (Å²) in [7, 11) is 0. The number of ether oxygens (including phenoxy) is 2. The molecular formula is C26H39N3O6S. The first-order valence-electron chi connectivity index (χ1n) is 12.4. The fourth-order valence-electron chi connectivity index (χ4n) is 3.68. The van der Waals surface area contributed by atoms with E-state index in [0.717, 1.165) is 24.8 Å². The van der Waals surface area contributed by atoms with Crippen LogP contribution in [-0.4, -0.2) is 65.4 Å². The van der Waals surface area contributed by atoms with Gasteiger partial charge >= 0.3 is 12.1 Å². The quantitative estimate of drug-likeness (QED) is 0.288. The minimum absolute atomic E-state index is 0.0257. The highest BCUT2D eigenvalue weighted by atomic mass is 32.1. The molecule has 0 aliphatic heterocycles. The van der Waals surface area contributed by atoms with Gasteiger partial charge in [0.2, 0.25) is 11.8 Å². The molecule has 2 unspecified atom stereocenters. The number of carbonyl (C=O) groups is 4. The molecule has 2 N–H and O–H groups in total. The molecule has 0 saturated heterocycles. The number of alkyl carbamates (subject to hydrolysis) is 1. The Balaban J connectivity index is 2.31. The third-order valence-electron chi connectivity index (χ3n) is 5.53. The normalized spacial score (nSPS) is 14.8. The van der Waals surface area contributed by atoms with Crippen LogP contribution in [0.4, 0.5) is 4.79 Å². The van der Waals surface area contributed by atoms with Crippen LogP contribution >= 0.6 is 12.6 Å². The van der Waals surface area contributed by atoms with E-state index < -0.39 is 41.6 Å². The van der Waals surface area contributed by atoms with Crippen LogP contribution in [0.2, 0.25) is 0 Å². The van der Waals surface area contributed by atoms with Crippen LogP contribution in [-0.2, 0) is 30.3 Å². The van der Waals surface area contributed by atoms with Crippen molar-refractivity contribution in [2.45, 2.75) is 84.0 Å². The van der Waals surface area contributed by atoms with Crippen molar-refractivity contribution in [3.63, 3.8) is 0 Å². The van der Waals surface area contributed by atoms with Crippen molar-refractivity contribution in [1.29, 1.82) is 0 Å². The molecule has 2 atom stereocenters. The van der Waals surface area contributed by atoms with Gasteiger partial charge in [-0.15, -0.1) is 0 Å². The van der Waals surface area contributed by atoms with Crippen LogP contribution in [0.25, 0.3) is 0 Å². The average Bonchev–Trinajstić information content (AvgIpc) is 3.64. The van der Waals surface area contributed by atoms with Crippen molar-refractivity contribution in [3.8, 4) is 0 Å². The predicted octanol–water partition coefficient (Wildman–Crippen LogP) is 3.17. The van der Waals surface area contributed by atoms with Crippen LogP contribution in [0.15, 0.2) is 24.3 Å². The number of rotatable bonds is 12. The van der Waals surface area contributed by atoms with Gasteiger partial charge < -0.3 is 25.0 Å². The molecule has 36 heavy (non-hydrogen) atoms. The largest absolute Gasteiger partial charge is 0.466 e. The SMILES string of the molecule is CCOC(=O)CCNC(=O)C(c1ccc(CC)cc1)N(C(=O)C(CS)NC(=O)OC(C)(C)C)C1CC1. The average molecular weight is 522 g/mol. The third-order valence-corrected chi connectivity index (χ3v) is 5.90. The molecular weight excluding hydrogens is 482 g/mol. The Morgan fingerprint density at radius 1 is 1.11 bits per heavy atom. The highest BCUT2D eigenvalue weighted by Gasteiger charge is 2.43. The lowest BCUT2D eigenvalue weighted by Crippen LogP contribution is -2.54. The number of nitrogens with zero attached hydrogens (tertiary/aromatic N) is 1. The lowest BCUT2D eigenvalue weighted by Gasteiger charge is -2.34. The first-order chi connectivity index (χ1) is 17.0. The van der Waals surface area contributed by atoms with Crippen molar-refractivity contribution < 1.29 is 28.7 Å². The monoisotopic (exact) mass is 521 g/mol.